The molecular formula is C12H18N2O7. The minimum Gasteiger partial charge on any atom is -0.481 e. The Kier molecular flexibility index (Phi) is 6.60. The summed E-state index contributed by atoms with van der Waals surface area (Å²) < 4.78 is 9.85. The summed E-state index contributed by atoms with van der Waals surface area (Å²) in [6.07, 6.45) is -1.07. The highest BCUT2D eigenvalue weighted by Gasteiger charge is 2.27. The summed E-state index contributed by atoms with van der Waals surface area (Å²) in [5.41, 5.74) is 0. The lowest BCUT2D eigenvalue weighted by Gasteiger charge is -2.32. The van der Waals surface area contributed by atoms with Crippen LogP contribution in [0.25, 0.3) is 0 Å². The average molecular weight is 302 g/mol. The number of urea groups is 1. The van der Waals surface area contributed by atoms with Gasteiger partial charge in [-0.3, -0.25) is 19.7 Å². The molecule has 1 rings (SSSR count). The van der Waals surface area contributed by atoms with Crippen molar-refractivity contribution in [1.29, 1.82) is 0 Å². The molecule has 1 saturated heterocycles. The van der Waals surface area contributed by atoms with Crippen molar-refractivity contribution in [2.24, 2.45) is 0 Å². The maximum atomic E-state index is 11.8. The molecule has 0 aromatic carbocycles. The highest BCUT2D eigenvalue weighted by Crippen LogP contribution is 2.09. The van der Waals surface area contributed by atoms with Crippen LogP contribution in [0.5, 0.6) is 0 Å². The molecule has 0 aromatic heterocycles. The summed E-state index contributed by atoms with van der Waals surface area (Å²) in [7, 11) is 1.26. The molecule has 0 radical (unpaired) electrons. The molecule has 9 heteroatoms. The van der Waals surface area contributed by atoms with Gasteiger partial charge < -0.3 is 19.5 Å². The Bertz CT molecular complexity index is 424. The molecule has 1 heterocycles. The zero-order valence-electron chi connectivity index (χ0n) is 11.7. The second-order valence-electron chi connectivity index (χ2n) is 4.47. The van der Waals surface area contributed by atoms with E-state index < -0.39 is 30.0 Å². The highest BCUT2D eigenvalue weighted by atomic mass is 16.5. The van der Waals surface area contributed by atoms with Crippen molar-refractivity contribution in [3.63, 3.8) is 0 Å². The van der Waals surface area contributed by atoms with Crippen molar-refractivity contribution in [1.82, 2.24) is 10.2 Å². The fourth-order valence-electron chi connectivity index (χ4n) is 1.78. The highest BCUT2D eigenvalue weighted by molar-refractivity contribution is 5.95. The predicted molar refractivity (Wildman–Crippen MR) is 68.4 cm³/mol. The van der Waals surface area contributed by atoms with Crippen LogP contribution < -0.4 is 5.32 Å². The smallest absolute Gasteiger partial charge is 0.324 e. The van der Waals surface area contributed by atoms with Crippen LogP contribution in [0, 0.1) is 0 Å². The molecule has 0 saturated carbocycles. The molecule has 1 aliphatic rings. The normalized spacial score (nSPS) is 18.0. The molecule has 3 amide bonds. The summed E-state index contributed by atoms with van der Waals surface area (Å²) >= 11 is 0. The van der Waals surface area contributed by atoms with E-state index in [0.717, 1.165) is 0 Å². The van der Waals surface area contributed by atoms with Crippen molar-refractivity contribution in [3.05, 3.63) is 0 Å². The number of aliphatic carboxylic acids is 1. The summed E-state index contributed by atoms with van der Waals surface area (Å²) in [4.78, 5) is 46.0. The number of nitrogens with zero attached hydrogens (tertiary/aromatic N) is 1. The van der Waals surface area contributed by atoms with E-state index in [1.165, 1.54) is 12.0 Å². The topological polar surface area (TPSA) is 122 Å². The van der Waals surface area contributed by atoms with Gasteiger partial charge in [0.05, 0.1) is 32.7 Å². The second kappa shape index (κ2) is 8.20. The van der Waals surface area contributed by atoms with Gasteiger partial charge in [0.15, 0.2) is 0 Å². The molecule has 0 spiro atoms. The molecule has 9 nitrogen and oxygen atoms in total. The number of nitrogens with one attached hydrogen (secondary N) is 1. The van der Waals surface area contributed by atoms with Gasteiger partial charge in [-0.25, -0.2) is 4.79 Å². The van der Waals surface area contributed by atoms with Crippen molar-refractivity contribution >= 4 is 23.9 Å². The third kappa shape index (κ3) is 6.21. The van der Waals surface area contributed by atoms with E-state index in [4.69, 9.17) is 9.84 Å². The first-order valence-corrected chi connectivity index (χ1v) is 6.41. The number of ether oxygens (including phenoxy) is 2. The number of esters is 1. The van der Waals surface area contributed by atoms with Crippen molar-refractivity contribution in [2.45, 2.75) is 25.4 Å². The van der Waals surface area contributed by atoms with E-state index >= 15 is 0 Å². The Balaban J connectivity index is 2.41. The number of imide groups is 1. The number of carbonyl (C=O) groups excluding carboxylic acids is 3. The van der Waals surface area contributed by atoms with Crippen LogP contribution in [-0.4, -0.2) is 66.8 Å². The zero-order valence-corrected chi connectivity index (χ0v) is 11.7. The fourth-order valence-corrected chi connectivity index (χ4v) is 1.78. The van der Waals surface area contributed by atoms with Gasteiger partial charge in [-0.2, -0.15) is 0 Å². The van der Waals surface area contributed by atoms with E-state index in [2.05, 4.69) is 10.1 Å². The summed E-state index contributed by atoms with van der Waals surface area (Å²) in [6, 6.07) is -0.622. The van der Waals surface area contributed by atoms with Gasteiger partial charge in [-0.1, -0.05) is 0 Å². The number of morpholine rings is 1. The first kappa shape index (κ1) is 16.9. The largest absolute Gasteiger partial charge is 0.481 e. The van der Waals surface area contributed by atoms with E-state index in [-0.39, 0.29) is 39.0 Å². The van der Waals surface area contributed by atoms with E-state index in [0.29, 0.717) is 0 Å². The van der Waals surface area contributed by atoms with Gasteiger partial charge in [0, 0.05) is 19.5 Å². The molecule has 0 aromatic rings. The lowest BCUT2D eigenvalue weighted by Crippen LogP contribution is -2.51. The van der Waals surface area contributed by atoms with Crippen LogP contribution in [0.2, 0.25) is 0 Å². The zero-order chi connectivity index (χ0) is 15.8. The number of carbonyl (C=O) groups is 4. The van der Waals surface area contributed by atoms with Crippen molar-refractivity contribution < 1.29 is 33.8 Å². The van der Waals surface area contributed by atoms with Crippen LogP contribution in [0.1, 0.15) is 19.3 Å². The maximum absolute atomic E-state index is 11.8. The monoisotopic (exact) mass is 302 g/mol. The minimum atomic E-state index is -1.11. The van der Waals surface area contributed by atoms with Crippen LogP contribution >= 0.6 is 0 Å². The lowest BCUT2D eigenvalue weighted by molar-refractivity contribution is -0.145. The summed E-state index contributed by atoms with van der Waals surface area (Å²) in [5.74, 6) is -2.21. The van der Waals surface area contributed by atoms with Gasteiger partial charge in [0.25, 0.3) is 0 Å². The molecule has 118 valence electrons. The van der Waals surface area contributed by atoms with Gasteiger partial charge in [-0.05, 0) is 0 Å². The van der Waals surface area contributed by atoms with Crippen LogP contribution in [0.15, 0.2) is 0 Å². The molecule has 1 aliphatic heterocycles. The summed E-state index contributed by atoms with van der Waals surface area (Å²) in [6.45, 7) is 0.696. The Morgan fingerprint density at radius 3 is 2.67 bits per heavy atom. The number of hydrogen-bond acceptors (Lipinski definition) is 6. The van der Waals surface area contributed by atoms with E-state index in [1.807, 2.05) is 0 Å². The number of carboxylic acid groups (broad SMARTS) is 1. The Hall–Kier alpha value is -2.16. The Labute approximate surface area is 121 Å². The van der Waals surface area contributed by atoms with Crippen LogP contribution in [-0.2, 0) is 23.9 Å². The van der Waals surface area contributed by atoms with Gasteiger partial charge in [0.2, 0.25) is 5.91 Å². The van der Waals surface area contributed by atoms with Crippen LogP contribution in [0.3, 0.4) is 0 Å². The van der Waals surface area contributed by atoms with Crippen molar-refractivity contribution in [2.75, 3.05) is 26.8 Å². The average Bonchev–Trinajstić information content (AvgIpc) is 2.45. The maximum Gasteiger partial charge on any atom is 0.324 e. The second-order valence-corrected chi connectivity index (χ2v) is 4.47. The van der Waals surface area contributed by atoms with Gasteiger partial charge >= 0.3 is 18.0 Å². The molecule has 2 N–H and O–H groups in total. The third-order valence-electron chi connectivity index (χ3n) is 2.86. The minimum absolute atomic E-state index is 0.0211. The number of hydrogen-bond donors (Lipinski definition) is 2. The quantitative estimate of drug-likeness (QED) is 0.647. The van der Waals surface area contributed by atoms with Gasteiger partial charge in [-0.15, -0.1) is 0 Å². The molecule has 1 fully saturated rings. The fraction of sp³-hybridized carbons (Fsp3) is 0.667. The molecular weight excluding hydrogens is 284 g/mol. The third-order valence-corrected chi connectivity index (χ3v) is 2.86. The molecule has 21 heavy (non-hydrogen) atoms. The van der Waals surface area contributed by atoms with E-state index in [9.17, 15) is 19.2 Å². The molecule has 0 bridgehead atoms. The lowest BCUT2D eigenvalue weighted by atomic mass is 10.2. The van der Waals surface area contributed by atoms with Gasteiger partial charge in [0.1, 0.15) is 0 Å². The number of carboxylic acids is 1. The standard InChI is InChI=1S/C12H18N2O7/c1-20-11(18)6-8-7-14(4-5-21-8)12(19)13-9(15)2-3-10(16)17/h8H,2-7H2,1H3,(H,16,17)(H,13,15,19). The first-order chi connectivity index (χ1) is 9.92. The first-order valence-electron chi connectivity index (χ1n) is 6.41. The number of rotatable bonds is 5. The number of amides is 3. The Morgan fingerprint density at radius 2 is 2.05 bits per heavy atom. The van der Waals surface area contributed by atoms with Crippen LogP contribution in [0.4, 0.5) is 4.79 Å². The SMILES string of the molecule is COC(=O)CC1CN(C(=O)NC(=O)CCC(=O)O)CCO1. The molecule has 1 atom stereocenters. The molecule has 1 unspecified atom stereocenters. The van der Waals surface area contributed by atoms with E-state index in [1.54, 1.807) is 0 Å². The Morgan fingerprint density at radius 1 is 1.33 bits per heavy atom. The van der Waals surface area contributed by atoms with Crippen molar-refractivity contribution in [3.8, 4) is 0 Å². The molecule has 0 aliphatic carbocycles. The predicted octanol–water partition coefficient (Wildman–Crippen LogP) is -0.649. The summed E-state index contributed by atoms with van der Waals surface area (Å²) in [5, 5.41) is 10.6. The number of methoxy groups -OCH3 is 1.